The maximum atomic E-state index is 13.5. The van der Waals surface area contributed by atoms with Crippen molar-refractivity contribution in [3.05, 3.63) is 29.3 Å². The molecule has 0 atom stereocenters. The largest absolute Gasteiger partial charge is 0.386 e. The molecule has 1 aliphatic heterocycles. The number of halogens is 2. The van der Waals surface area contributed by atoms with Crippen LogP contribution in [0.25, 0.3) is 0 Å². The molecule has 1 saturated heterocycles. The van der Waals surface area contributed by atoms with E-state index < -0.39 is 17.2 Å². The molecule has 1 aromatic rings. The minimum Gasteiger partial charge on any atom is -0.386 e. The van der Waals surface area contributed by atoms with Crippen LogP contribution in [0.1, 0.15) is 12.5 Å². The van der Waals surface area contributed by atoms with Crippen LogP contribution in [0, 0.1) is 23.0 Å². The molecule has 0 unspecified atom stereocenters. The Labute approximate surface area is 91.5 Å². The number of hydrogen-bond donors (Lipinski definition) is 1. The highest BCUT2D eigenvalue weighted by molar-refractivity contribution is 5.55. The minimum atomic E-state index is -0.896. The lowest BCUT2D eigenvalue weighted by Gasteiger charge is -2.45. The zero-order valence-electron chi connectivity index (χ0n) is 8.67. The molecule has 3 nitrogen and oxygen atoms in total. The van der Waals surface area contributed by atoms with Crippen LogP contribution in [0.15, 0.2) is 12.1 Å². The van der Waals surface area contributed by atoms with Gasteiger partial charge in [0.2, 0.25) is 0 Å². The van der Waals surface area contributed by atoms with Gasteiger partial charge in [0, 0.05) is 13.1 Å². The van der Waals surface area contributed by atoms with Gasteiger partial charge in [-0.3, -0.25) is 0 Å². The maximum Gasteiger partial charge on any atom is 0.150 e. The molecule has 1 N–H and O–H groups in total. The van der Waals surface area contributed by atoms with Crippen LogP contribution in [0.2, 0.25) is 0 Å². The van der Waals surface area contributed by atoms with Gasteiger partial charge in [-0.15, -0.1) is 0 Å². The lowest BCUT2D eigenvalue weighted by Crippen LogP contribution is -2.60. The molecule has 0 aromatic heterocycles. The third-order valence-electron chi connectivity index (χ3n) is 2.53. The van der Waals surface area contributed by atoms with E-state index in [0.717, 1.165) is 12.1 Å². The minimum absolute atomic E-state index is 0.0500. The number of β-amino-alcohol motifs (C(OH)–C–C–N with tert-alkyl or cyclic N) is 1. The van der Waals surface area contributed by atoms with Gasteiger partial charge in [0.25, 0.3) is 0 Å². The van der Waals surface area contributed by atoms with E-state index in [9.17, 15) is 13.9 Å². The van der Waals surface area contributed by atoms with Crippen LogP contribution in [-0.2, 0) is 0 Å². The number of anilines is 1. The third kappa shape index (κ3) is 1.72. The molecule has 0 aliphatic carbocycles. The van der Waals surface area contributed by atoms with E-state index >= 15 is 0 Å². The fourth-order valence-electron chi connectivity index (χ4n) is 1.87. The zero-order valence-corrected chi connectivity index (χ0v) is 8.67. The number of hydrogen-bond acceptors (Lipinski definition) is 3. The van der Waals surface area contributed by atoms with Crippen LogP contribution in [0.3, 0.4) is 0 Å². The average Bonchev–Trinajstić information content (AvgIpc) is 2.13. The monoisotopic (exact) mass is 224 g/mol. The van der Waals surface area contributed by atoms with E-state index in [2.05, 4.69) is 0 Å². The normalized spacial score (nSPS) is 17.8. The first-order valence-electron chi connectivity index (χ1n) is 4.79. The quantitative estimate of drug-likeness (QED) is 0.784. The molecule has 5 heteroatoms. The van der Waals surface area contributed by atoms with E-state index in [1.165, 1.54) is 4.90 Å². The van der Waals surface area contributed by atoms with Crippen molar-refractivity contribution in [3.63, 3.8) is 0 Å². The number of benzene rings is 1. The second kappa shape index (κ2) is 3.42. The molecule has 0 amide bonds. The molecule has 1 heterocycles. The predicted octanol–water partition coefficient (Wildman–Crippen LogP) is 1.41. The Hall–Kier alpha value is -1.67. The second-order valence-corrected chi connectivity index (χ2v) is 4.25. The second-order valence-electron chi connectivity index (χ2n) is 4.25. The van der Waals surface area contributed by atoms with Gasteiger partial charge in [-0.25, -0.2) is 8.78 Å². The summed E-state index contributed by atoms with van der Waals surface area (Å²) in [5, 5.41) is 18.0. The van der Waals surface area contributed by atoms with Crippen molar-refractivity contribution < 1.29 is 13.9 Å². The molecule has 16 heavy (non-hydrogen) atoms. The van der Waals surface area contributed by atoms with Gasteiger partial charge >= 0.3 is 0 Å². The van der Waals surface area contributed by atoms with Crippen molar-refractivity contribution in [2.75, 3.05) is 18.0 Å². The Bertz CT molecular complexity index is 448. The number of aliphatic hydroxyl groups is 1. The smallest absolute Gasteiger partial charge is 0.150 e. The maximum absolute atomic E-state index is 13.5. The standard InChI is InChI=1S/C11H10F2N2O/c1-11(16)5-15(6-11)10-8(12)2-7(4-14)3-9(10)13/h2-3,16H,5-6H2,1H3. The van der Waals surface area contributed by atoms with Gasteiger partial charge in [-0.2, -0.15) is 5.26 Å². The van der Waals surface area contributed by atoms with E-state index in [1.54, 1.807) is 13.0 Å². The summed E-state index contributed by atoms with van der Waals surface area (Å²) in [6.45, 7) is 1.97. The molecule has 2 rings (SSSR count). The summed E-state index contributed by atoms with van der Waals surface area (Å²) in [6.07, 6.45) is 0. The Kier molecular flexibility index (Phi) is 2.32. The summed E-state index contributed by atoms with van der Waals surface area (Å²) in [5.74, 6) is -1.54. The van der Waals surface area contributed by atoms with E-state index in [4.69, 9.17) is 5.26 Å². The van der Waals surface area contributed by atoms with Crippen molar-refractivity contribution in [2.24, 2.45) is 0 Å². The van der Waals surface area contributed by atoms with Crippen molar-refractivity contribution in [1.29, 1.82) is 5.26 Å². The van der Waals surface area contributed by atoms with Gasteiger partial charge in [-0.05, 0) is 19.1 Å². The number of nitrogens with zero attached hydrogens (tertiary/aromatic N) is 2. The molecule has 84 valence electrons. The van der Waals surface area contributed by atoms with Crippen molar-refractivity contribution in [1.82, 2.24) is 0 Å². The van der Waals surface area contributed by atoms with Crippen molar-refractivity contribution in [3.8, 4) is 6.07 Å². The molecule has 0 saturated carbocycles. The Morgan fingerprint density at radius 1 is 1.38 bits per heavy atom. The van der Waals surface area contributed by atoms with Crippen LogP contribution in [0.5, 0.6) is 0 Å². The topological polar surface area (TPSA) is 47.3 Å². The lowest BCUT2D eigenvalue weighted by molar-refractivity contribution is 0.0302. The molecule has 0 radical (unpaired) electrons. The molecule has 1 aromatic carbocycles. The van der Waals surface area contributed by atoms with Gasteiger partial charge < -0.3 is 10.0 Å². The predicted molar refractivity (Wildman–Crippen MR) is 53.9 cm³/mol. The van der Waals surface area contributed by atoms with Gasteiger partial charge in [0.05, 0.1) is 17.2 Å². The fourth-order valence-corrected chi connectivity index (χ4v) is 1.87. The van der Waals surface area contributed by atoms with E-state index in [0.29, 0.717) is 0 Å². The van der Waals surface area contributed by atoms with E-state index in [-0.39, 0.29) is 24.3 Å². The fraction of sp³-hybridized carbons (Fsp3) is 0.364. The van der Waals surface area contributed by atoms with Crippen molar-refractivity contribution >= 4 is 5.69 Å². The van der Waals surface area contributed by atoms with Crippen LogP contribution < -0.4 is 4.90 Å². The molecule has 0 spiro atoms. The third-order valence-corrected chi connectivity index (χ3v) is 2.53. The number of nitriles is 1. The first kappa shape index (κ1) is 10.8. The summed E-state index contributed by atoms with van der Waals surface area (Å²) >= 11 is 0. The summed E-state index contributed by atoms with van der Waals surface area (Å²) in [7, 11) is 0. The van der Waals surface area contributed by atoms with Gasteiger partial charge in [0.1, 0.15) is 5.69 Å². The van der Waals surface area contributed by atoms with E-state index in [1.807, 2.05) is 0 Å². The highest BCUT2D eigenvalue weighted by atomic mass is 19.1. The zero-order chi connectivity index (χ0) is 11.9. The first-order chi connectivity index (χ1) is 7.43. The summed E-state index contributed by atoms with van der Waals surface area (Å²) in [6, 6.07) is 3.66. The molecular formula is C11H10F2N2O. The van der Waals surface area contributed by atoms with Crippen LogP contribution in [-0.4, -0.2) is 23.8 Å². The Morgan fingerprint density at radius 3 is 2.25 bits per heavy atom. The summed E-state index contributed by atoms with van der Waals surface area (Å²) in [4.78, 5) is 1.41. The van der Waals surface area contributed by atoms with Crippen LogP contribution in [0.4, 0.5) is 14.5 Å². The highest BCUT2D eigenvalue weighted by Gasteiger charge is 2.39. The molecular weight excluding hydrogens is 214 g/mol. The number of rotatable bonds is 1. The Balaban J connectivity index is 2.33. The first-order valence-corrected chi connectivity index (χ1v) is 4.79. The van der Waals surface area contributed by atoms with Crippen molar-refractivity contribution in [2.45, 2.75) is 12.5 Å². The lowest BCUT2D eigenvalue weighted by atomic mass is 9.95. The average molecular weight is 224 g/mol. The SMILES string of the molecule is CC1(O)CN(c2c(F)cc(C#N)cc2F)C1. The molecule has 1 aliphatic rings. The summed E-state index contributed by atoms with van der Waals surface area (Å²) < 4.78 is 27.0. The highest BCUT2D eigenvalue weighted by Crippen LogP contribution is 2.32. The molecule has 1 fully saturated rings. The van der Waals surface area contributed by atoms with Gasteiger partial charge in [-0.1, -0.05) is 0 Å². The molecule has 0 bridgehead atoms. The summed E-state index contributed by atoms with van der Waals surface area (Å²) in [5.41, 5.74) is -1.12. The van der Waals surface area contributed by atoms with Crippen LogP contribution >= 0.6 is 0 Å². The van der Waals surface area contributed by atoms with Gasteiger partial charge in [0.15, 0.2) is 11.6 Å². The Morgan fingerprint density at radius 2 is 1.88 bits per heavy atom.